The van der Waals surface area contributed by atoms with E-state index in [1.54, 1.807) is 0 Å². The van der Waals surface area contributed by atoms with Crippen molar-refractivity contribution in [1.82, 2.24) is 0 Å². The van der Waals surface area contributed by atoms with Gasteiger partial charge in [-0.25, -0.2) is 0 Å². The van der Waals surface area contributed by atoms with Crippen molar-refractivity contribution in [3.63, 3.8) is 0 Å². The highest BCUT2D eigenvalue weighted by atomic mass is 32.1. The monoisotopic (exact) mass is 348 g/mol. The number of aryl methyl sites for hydroxylation is 1. The Balaban J connectivity index is 1.60. The highest BCUT2D eigenvalue weighted by Crippen LogP contribution is 2.23. The van der Waals surface area contributed by atoms with Gasteiger partial charge in [0.25, 0.3) is 0 Å². The maximum atomic E-state index is 5.79. The summed E-state index contributed by atoms with van der Waals surface area (Å²) in [4.78, 5) is 0. The Hall–Kier alpha value is -2.85. The van der Waals surface area contributed by atoms with E-state index in [4.69, 9.17) is 17.0 Å². The number of anilines is 2. The number of benzene rings is 3. The van der Waals surface area contributed by atoms with Gasteiger partial charge in [-0.15, -0.1) is 0 Å². The van der Waals surface area contributed by atoms with Crippen LogP contribution in [0.15, 0.2) is 78.9 Å². The van der Waals surface area contributed by atoms with Crippen molar-refractivity contribution in [2.45, 2.75) is 13.3 Å². The van der Waals surface area contributed by atoms with E-state index in [1.165, 1.54) is 5.56 Å². The molecule has 0 aliphatic heterocycles. The largest absolute Gasteiger partial charge is 0.457 e. The van der Waals surface area contributed by atoms with E-state index in [2.05, 4.69) is 23.6 Å². The third kappa shape index (κ3) is 4.81. The molecule has 0 atom stereocenters. The maximum absolute atomic E-state index is 5.79. The predicted octanol–water partition coefficient (Wildman–Crippen LogP) is 5.85. The first-order chi connectivity index (χ1) is 12.2. The first kappa shape index (κ1) is 17.0. The normalized spacial score (nSPS) is 10.1. The molecule has 0 radical (unpaired) electrons. The maximum Gasteiger partial charge on any atom is 0.175 e. The lowest BCUT2D eigenvalue weighted by Gasteiger charge is -2.13. The third-order valence-corrected chi connectivity index (χ3v) is 3.94. The molecule has 0 saturated heterocycles. The number of para-hydroxylation sites is 2. The highest BCUT2D eigenvalue weighted by molar-refractivity contribution is 7.80. The van der Waals surface area contributed by atoms with Crippen LogP contribution in [0.2, 0.25) is 0 Å². The van der Waals surface area contributed by atoms with Crippen LogP contribution in [-0.4, -0.2) is 5.11 Å². The van der Waals surface area contributed by atoms with Crippen molar-refractivity contribution in [2.24, 2.45) is 0 Å². The van der Waals surface area contributed by atoms with Gasteiger partial charge >= 0.3 is 0 Å². The van der Waals surface area contributed by atoms with Crippen molar-refractivity contribution >= 4 is 28.7 Å². The second-order valence-corrected chi connectivity index (χ2v) is 5.94. The minimum Gasteiger partial charge on any atom is -0.457 e. The molecular weight excluding hydrogens is 328 g/mol. The Bertz CT molecular complexity index is 832. The molecule has 0 saturated carbocycles. The number of ether oxygens (including phenoxy) is 1. The van der Waals surface area contributed by atoms with Gasteiger partial charge in [0, 0.05) is 11.4 Å². The molecule has 3 rings (SSSR count). The van der Waals surface area contributed by atoms with E-state index in [9.17, 15) is 0 Å². The molecule has 4 heteroatoms. The molecule has 3 nitrogen and oxygen atoms in total. The third-order valence-electron chi connectivity index (χ3n) is 3.74. The van der Waals surface area contributed by atoms with Crippen LogP contribution >= 0.6 is 12.2 Å². The van der Waals surface area contributed by atoms with Gasteiger partial charge in [-0.2, -0.15) is 0 Å². The SMILES string of the molecule is CCc1ccccc1NC(=S)Nc1ccc(Oc2ccccc2)cc1. The van der Waals surface area contributed by atoms with E-state index in [0.717, 1.165) is 29.3 Å². The summed E-state index contributed by atoms with van der Waals surface area (Å²) >= 11 is 5.41. The number of hydrogen-bond donors (Lipinski definition) is 2. The molecule has 0 unspecified atom stereocenters. The molecule has 0 heterocycles. The molecule has 0 aromatic heterocycles. The lowest BCUT2D eigenvalue weighted by atomic mass is 10.1. The second-order valence-electron chi connectivity index (χ2n) is 5.53. The Morgan fingerprint density at radius 1 is 0.800 bits per heavy atom. The fourth-order valence-corrected chi connectivity index (χ4v) is 2.69. The van der Waals surface area contributed by atoms with Gasteiger partial charge in [-0.05, 0) is 66.7 Å². The summed E-state index contributed by atoms with van der Waals surface area (Å²) in [7, 11) is 0. The van der Waals surface area contributed by atoms with Crippen LogP contribution in [0.25, 0.3) is 0 Å². The number of rotatable bonds is 5. The zero-order valence-corrected chi connectivity index (χ0v) is 14.8. The van der Waals surface area contributed by atoms with Crippen molar-refractivity contribution < 1.29 is 4.74 Å². The van der Waals surface area contributed by atoms with Crippen LogP contribution < -0.4 is 15.4 Å². The Morgan fingerprint density at radius 2 is 1.44 bits per heavy atom. The van der Waals surface area contributed by atoms with Crippen LogP contribution in [0.5, 0.6) is 11.5 Å². The van der Waals surface area contributed by atoms with Gasteiger partial charge in [0.05, 0.1) is 0 Å². The molecular formula is C21H20N2OS. The minimum absolute atomic E-state index is 0.567. The molecule has 0 fully saturated rings. The fraction of sp³-hybridized carbons (Fsp3) is 0.0952. The summed E-state index contributed by atoms with van der Waals surface area (Å²) < 4.78 is 5.79. The number of hydrogen-bond acceptors (Lipinski definition) is 2. The van der Waals surface area contributed by atoms with Crippen LogP contribution in [-0.2, 0) is 6.42 Å². The molecule has 25 heavy (non-hydrogen) atoms. The van der Waals surface area contributed by atoms with Gasteiger partial charge in [-0.1, -0.05) is 43.3 Å². The van der Waals surface area contributed by atoms with Crippen molar-refractivity contribution in [2.75, 3.05) is 10.6 Å². The Kier molecular flexibility index (Phi) is 5.65. The van der Waals surface area contributed by atoms with Crippen LogP contribution in [0.3, 0.4) is 0 Å². The topological polar surface area (TPSA) is 33.3 Å². The fourth-order valence-electron chi connectivity index (χ4n) is 2.47. The van der Waals surface area contributed by atoms with Crippen LogP contribution in [0.4, 0.5) is 11.4 Å². The Labute approximate surface area is 153 Å². The second kappa shape index (κ2) is 8.31. The van der Waals surface area contributed by atoms with Crippen molar-refractivity contribution in [1.29, 1.82) is 0 Å². The van der Waals surface area contributed by atoms with Crippen LogP contribution in [0, 0.1) is 0 Å². The van der Waals surface area contributed by atoms with E-state index >= 15 is 0 Å². The van der Waals surface area contributed by atoms with Gasteiger partial charge < -0.3 is 15.4 Å². The molecule has 0 spiro atoms. The van der Waals surface area contributed by atoms with Gasteiger partial charge in [0.15, 0.2) is 5.11 Å². The lowest BCUT2D eigenvalue weighted by molar-refractivity contribution is 0.483. The average molecular weight is 348 g/mol. The molecule has 3 aromatic carbocycles. The molecule has 0 aliphatic carbocycles. The van der Waals surface area contributed by atoms with Crippen LogP contribution in [0.1, 0.15) is 12.5 Å². The van der Waals surface area contributed by atoms with Gasteiger partial charge in [-0.3, -0.25) is 0 Å². The average Bonchev–Trinajstić information content (AvgIpc) is 2.64. The zero-order valence-electron chi connectivity index (χ0n) is 14.0. The number of nitrogens with one attached hydrogen (secondary N) is 2. The lowest BCUT2D eigenvalue weighted by Crippen LogP contribution is -2.19. The van der Waals surface area contributed by atoms with Crippen molar-refractivity contribution in [3.8, 4) is 11.5 Å². The highest BCUT2D eigenvalue weighted by Gasteiger charge is 2.03. The first-order valence-electron chi connectivity index (χ1n) is 8.23. The first-order valence-corrected chi connectivity index (χ1v) is 8.64. The summed E-state index contributed by atoms with van der Waals surface area (Å²) in [5, 5.41) is 7.02. The molecule has 2 N–H and O–H groups in total. The molecule has 3 aromatic rings. The van der Waals surface area contributed by atoms with E-state index in [-0.39, 0.29) is 0 Å². The predicted molar refractivity (Wildman–Crippen MR) is 109 cm³/mol. The summed E-state index contributed by atoms with van der Waals surface area (Å²) in [6.45, 7) is 2.13. The van der Waals surface area contributed by atoms with Gasteiger partial charge in [0.1, 0.15) is 11.5 Å². The van der Waals surface area contributed by atoms with Gasteiger partial charge in [0.2, 0.25) is 0 Å². The summed E-state index contributed by atoms with van der Waals surface area (Å²) in [5.74, 6) is 1.60. The molecule has 0 bridgehead atoms. The zero-order chi connectivity index (χ0) is 17.5. The summed E-state index contributed by atoms with van der Waals surface area (Å²) in [5.41, 5.74) is 3.18. The smallest absolute Gasteiger partial charge is 0.175 e. The molecule has 0 amide bonds. The number of thiocarbonyl (C=S) groups is 1. The quantitative estimate of drug-likeness (QED) is 0.567. The van der Waals surface area contributed by atoms with E-state index in [0.29, 0.717) is 5.11 Å². The van der Waals surface area contributed by atoms with Crippen molar-refractivity contribution in [3.05, 3.63) is 84.4 Å². The summed E-state index contributed by atoms with van der Waals surface area (Å²) in [6, 6.07) is 25.6. The molecule has 0 aliphatic rings. The standard InChI is InChI=1S/C21H20N2OS/c1-2-16-8-6-7-11-20(16)23-21(25)22-17-12-14-19(15-13-17)24-18-9-4-3-5-10-18/h3-15H,2H2,1H3,(H2,22,23,25). The van der Waals surface area contributed by atoms with E-state index in [1.807, 2.05) is 72.8 Å². The van der Waals surface area contributed by atoms with E-state index < -0.39 is 0 Å². The molecule has 126 valence electrons. The minimum atomic E-state index is 0.567. The summed E-state index contributed by atoms with van der Waals surface area (Å²) in [6.07, 6.45) is 0.956. The Morgan fingerprint density at radius 3 is 2.16 bits per heavy atom.